The van der Waals surface area contributed by atoms with Gasteiger partial charge in [-0.3, -0.25) is 4.79 Å². The molecule has 1 aliphatic heterocycles. The summed E-state index contributed by atoms with van der Waals surface area (Å²) in [6, 6.07) is 0. The number of carbonyl (C=O) groups excluding carboxylic acids is 1. The summed E-state index contributed by atoms with van der Waals surface area (Å²) in [5.41, 5.74) is 0. The third-order valence-electron chi connectivity index (χ3n) is 2.29. The Balaban J connectivity index is 2.35. The number of rotatable bonds is 2. The fraction of sp³-hybridized carbons (Fsp3) is 0.889. The molecule has 1 fully saturated rings. The van der Waals surface area contributed by atoms with Crippen LogP contribution < -0.4 is 10.6 Å². The predicted octanol–water partition coefficient (Wildman–Crippen LogP) is 0.368. The summed E-state index contributed by atoms with van der Waals surface area (Å²) in [7, 11) is 0. The Kier molecular flexibility index (Phi) is 3.53. The zero-order chi connectivity index (χ0) is 8.97. The van der Waals surface area contributed by atoms with Crippen molar-refractivity contribution in [3.63, 3.8) is 0 Å². The molecule has 3 nitrogen and oxygen atoms in total. The summed E-state index contributed by atoms with van der Waals surface area (Å²) in [5.74, 6) is 1.02. The standard InChI is InChI=1S/C9H18N2O/c1-3-11-9(12)8-4-7(2)5-10-6-8/h7-8,10H,3-6H2,1-2H3,(H,11,12). The molecule has 0 aromatic rings. The molecule has 1 rings (SSSR count). The van der Waals surface area contributed by atoms with Gasteiger partial charge in [0.05, 0.1) is 5.92 Å². The summed E-state index contributed by atoms with van der Waals surface area (Å²) in [6.07, 6.45) is 1.03. The van der Waals surface area contributed by atoms with Gasteiger partial charge in [0.2, 0.25) is 5.91 Å². The molecule has 1 amide bonds. The van der Waals surface area contributed by atoms with Gasteiger partial charge in [0, 0.05) is 13.1 Å². The van der Waals surface area contributed by atoms with Gasteiger partial charge in [-0.1, -0.05) is 6.92 Å². The van der Waals surface area contributed by atoms with E-state index in [4.69, 9.17) is 0 Å². The summed E-state index contributed by atoms with van der Waals surface area (Å²) in [4.78, 5) is 11.4. The fourth-order valence-corrected chi connectivity index (χ4v) is 1.67. The Morgan fingerprint density at radius 2 is 2.33 bits per heavy atom. The van der Waals surface area contributed by atoms with Gasteiger partial charge in [0.15, 0.2) is 0 Å². The lowest BCUT2D eigenvalue weighted by atomic mass is 9.91. The minimum absolute atomic E-state index is 0.189. The minimum atomic E-state index is 0.189. The second-order valence-electron chi connectivity index (χ2n) is 3.59. The molecule has 0 radical (unpaired) electrons. The van der Waals surface area contributed by atoms with Gasteiger partial charge in [-0.25, -0.2) is 0 Å². The smallest absolute Gasteiger partial charge is 0.224 e. The molecule has 1 aliphatic rings. The fourth-order valence-electron chi connectivity index (χ4n) is 1.67. The highest BCUT2D eigenvalue weighted by molar-refractivity contribution is 5.78. The van der Waals surface area contributed by atoms with Gasteiger partial charge < -0.3 is 10.6 Å². The van der Waals surface area contributed by atoms with Gasteiger partial charge in [-0.15, -0.1) is 0 Å². The van der Waals surface area contributed by atoms with Crippen molar-refractivity contribution in [2.45, 2.75) is 20.3 Å². The average Bonchev–Trinajstić information content (AvgIpc) is 2.05. The molecule has 2 N–H and O–H groups in total. The van der Waals surface area contributed by atoms with E-state index < -0.39 is 0 Å². The second kappa shape index (κ2) is 4.45. The van der Waals surface area contributed by atoms with Crippen LogP contribution in [0.4, 0.5) is 0 Å². The summed E-state index contributed by atoms with van der Waals surface area (Å²) >= 11 is 0. The molecular formula is C9H18N2O. The SMILES string of the molecule is CCNC(=O)C1CNCC(C)C1. The van der Waals surface area contributed by atoms with Crippen molar-refractivity contribution in [1.82, 2.24) is 10.6 Å². The molecule has 12 heavy (non-hydrogen) atoms. The number of carbonyl (C=O) groups is 1. The third kappa shape index (κ3) is 2.48. The van der Waals surface area contributed by atoms with Crippen LogP contribution >= 0.6 is 0 Å². The summed E-state index contributed by atoms with van der Waals surface area (Å²) in [6.45, 7) is 6.77. The molecule has 0 bridgehead atoms. The maximum atomic E-state index is 11.4. The summed E-state index contributed by atoms with van der Waals surface area (Å²) in [5, 5.41) is 6.12. The first-order chi connectivity index (χ1) is 5.74. The second-order valence-corrected chi connectivity index (χ2v) is 3.59. The quantitative estimate of drug-likeness (QED) is 0.628. The molecule has 0 aromatic carbocycles. The first kappa shape index (κ1) is 9.52. The van der Waals surface area contributed by atoms with Crippen LogP contribution in [0.5, 0.6) is 0 Å². The van der Waals surface area contributed by atoms with Crippen molar-refractivity contribution in [3.8, 4) is 0 Å². The van der Waals surface area contributed by atoms with Crippen LogP contribution in [-0.2, 0) is 4.79 Å². The van der Waals surface area contributed by atoms with Crippen LogP contribution in [-0.4, -0.2) is 25.5 Å². The van der Waals surface area contributed by atoms with Gasteiger partial charge in [0.1, 0.15) is 0 Å². The molecule has 0 aromatic heterocycles. The van der Waals surface area contributed by atoms with E-state index in [0.29, 0.717) is 5.92 Å². The van der Waals surface area contributed by atoms with Crippen molar-refractivity contribution in [1.29, 1.82) is 0 Å². The largest absolute Gasteiger partial charge is 0.356 e. The Bertz CT molecular complexity index is 159. The van der Waals surface area contributed by atoms with E-state index in [9.17, 15) is 4.79 Å². The predicted molar refractivity (Wildman–Crippen MR) is 48.8 cm³/mol. The Hall–Kier alpha value is -0.570. The normalized spacial score (nSPS) is 29.8. The first-order valence-corrected chi connectivity index (χ1v) is 4.72. The van der Waals surface area contributed by atoms with Crippen LogP contribution in [0.1, 0.15) is 20.3 Å². The molecule has 2 atom stereocenters. The van der Waals surface area contributed by atoms with Crippen molar-refractivity contribution in [2.75, 3.05) is 19.6 Å². The zero-order valence-electron chi connectivity index (χ0n) is 7.89. The van der Waals surface area contributed by atoms with Crippen molar-refractivity contribution in [2.24, 2.45) is 11.8 Å². The third-order valence-corrected chi connectivity index (χ3v) is 2.29. The Morgan fingerprint density at radius 1 is 1.58 bits per heavy atom. The van der Waals surface area contributed by atoms with Gasteiger partial charge in [0.25, 0.3) is 0 Å². The number of hydrogen-bond donors (Lipinski definition) is 2. The van der Waals surface area contributed by atoms with Crippen molar-refractivity contribution < 1.29 is 4.79 Å². The molecule has 3 heteroatoms. The van der Waals surface area contributed by atoms with E-state index in [1.165, 1.54) is 0 Å². The van der Waals surface area contributed by atoms with Crippen molar-refractivity contribution in [3.05, 3.63) is 0 Å². The number of amides is 1. The Morgan fingerprint density at radius 3 is 2.92 bits per heavy atom. The molecular weight excluding hydrogens is 152 g/mol. The molecule has 1 heterocycles. The van der Waals surface area contributed by atoms with E-state index in [1.807, 2.05) is 6.92 Å². The lowest BCUT2D eigenvalue weighted by Gasteiger charge is -2.26. The highest BCUT2D eigenvalue weighted by atomic mass is 16.1. The molecule has 70 valence electrons. The Labute approximate surface area is 73.9 Å². The number of hydrogen-bond acceptors (Lipinski definition) is 2. The number of piperidine rings is 1. The lowest BCUT2D eigenvalue weighted by Crippen LogP contribution is -2.43. The first-order valence-electron chi connectivity index (χ1n) is 4.72. The van der Waals surface area contributed by atoms with Crippen LogP contribution in [0, 0.1) is 11.8 Å². The molecule has 2 unspecified atom stereocenters. The molecule has 0 spiro atoms. The van der Waals surface area contributed by atoms with Crippen LogP contribution in [0.25, 0.3) is 0 Å². The molecule has 0 aliphatic carbocycles. The van der Waals surface area contributed by atoms with E-state index in [0.717, 1.165) is 26.1 Å². The van der Waals surface area contributed by atoms with E-state index in [-0.39, 0.29) is 11.8 Å². The zero-order valence-corrected chi connectivity index (χ0v) is 7.89. The summed E-state index contributed by atoms with van der Waals surface area (Å²) < 4.78 is 0. The van der Waals surface area contributed by atoms with E-state index in [2.05, 4.69) is 17.6 Å². The van der Waals surface area contributed by atoms with Gasteiger partial charge in [-0.05, 0) is 25.8 Å². The molecule has 1 saturated heterocycles. The number of nitrogens with one attached hydrogen (secondary N) is 2. The molecule has 0 saturated carbocycles. The van der Waals surface area contributed by atoms with Crippen LogP contribution in [0.15, 0.2) is 0 Å². The van der Waals surface area contributed by atoms with Crippen LogP contribution in [0.2, 0.25) is 0 Å². The van der Waals surface area contributed by atoms with Crippen molar-refractivity contribution >= 4 is 5.91 Å². The highest BCUT2D eigenvalue weighted by Gasteiger charge is 2.23. The highest BCUT2D eigenvalue weighted by Crippen LogP contribution is 2.15. The monoisotopic (exact) mass is 170 g/mol. The van der Waals surface area contributed by atoms with Crippen LogP contribution in [0.3, 0.4) is 0 Å². The maximum Gasteiger partial charge on any atom is 0.224 e. The van der Waals surface area contributed by atoms with Gasteiger partial charge >= 0.3 is 0 Å². The van der Waals surface area contributed by atoms with E-state index in [1.54, 1.807) is 0 Å². The topological polar surface area (TPSA) is 41.1 Å². The van der Waals surface area contributed by atoms with E-state index >= 15 is 0 Å². The maximum absolute atomic E-state index is 11.4. The minimum Gasteiger partial charge on any atom is -0.356 e. The lowest BCUT2D eigenvalue weighted by molar-refractivity contribution is -0.125. The average molecular weight is 170 g/mol. The van der Waals surface area contributed by atoms with Gasteiger partial charge in [-0.2, -0.15) is 0 Å².